The van der Waals surface area contributed by atoms with Gasteiger partial charge in [-0.15, -0.1) is 11.3 Å². The van der Waals surface area contributed by atoms with Gasteiger partial charge in [0.05, 0.1) is 30.2 Å². The number of carbonyl (C=O) groups is 1. The Kier molecular flexibility index (Phi) is 6.38. The fourth-order valence-corrected chi connectivity index (χ4v) is 3.16. The van der Waals surface area contributed by atoms with Crippen LogP contribution in [-0.4, -0.2) is 29.2 Å². The largest absolute Gasteiger partial charge is 0.490 e. The Labute approximate surface area is 161 Å². The monoisotopic (exact) mass is 384 g/mol. The minimum Gasteiger partial charge on any atom is -0.490 e. The van der Waals surface area contributed by atoms with E-state index in [0.29, 0.717) is 36.0 Å². The maximum absolute atomic E-state index is 12.4. The van der Waals surface area contributed by atoms with Crippen LogP contribution in [0.25, 0.3) is 10.7 Å². The number of pyridine rings is 1. The van der Waals surface area contributed by atoms with Crippen molar-refractivity contribution < 1.29 is 19.0 Å². The van der Waals surface area contributed by atoms with E-state index >= 15 is 0 Å². The fraction of sp³-hybridized carbons (Fsp3) is 0.250. The predicted octanol–water partition coefficient (Wildman–Crippen LogP) is 4.36. The molecule has 140 valence electrons. The lowest BCUT2D eigenvalue weighted by Crippen LogP contribution is -2.07. The average Bonchev–Trinajstić information content (AvgIpc) is 3.17. The van der Waals surface area contributed by atoms with Crippen LogP contribution in [0.2, 0.25) is 0 Å². The van der Waals surface area contributed by atoms with Crippen LogP contribution in [0.15, 0.2) is 48.0 Å². The van der Waals surface area contributed by atoms with Gasteiger partial charge in [0.25, 0.3) is 0 Å². The first-order chi connectivity index (χ1) is 13.2. The van der Waals surface area contributed by atoms with Crippen molar-refractivity contribution in [2.75, 3.05) is 13.2 Å². The van der Waals surface area contributed by atoms with Crippen molar-refractivity contribution in [2.45, 2.75) is 20.5 Å². The number of hydrogen-bond donors (Lipinski definition) is 0. The van der Waals surface area contributed by atoms with Crippen LogP contribution in [0.4, 0.5) is 0 Å². The first-order valence-electron chi connectivity index (χ1n) is 8.63. The summed E-state index contributed by atoms with van der Waals surface area (Å²) in [7, 11) is 0. The summed E-state index contributed by atoms with van der Waals surface area (Å²) in [6, 6.07) is 10.7. The van der Waals surface area contributed by atoms with E-state index in [-0.39, 0.29) is 6.61 Å². The molecule has 2 heterocycles. The quantitative estimate of drug-likeness (QED) is 0.538. The molecule has 6 nitrogen and oxygen atoms in total. The van der Waals surface area contributed by atoms with Gasteiger partial charge in [0.2, 0.25) is 0 Å². The number of aromatic nitrogens is 2. The molecule has 0 aliphatic rings. The molecule has 2 aromatic heterocycles. The van der Waals surface area contributed by atoms with Crippen molar-refractivity contribution in [1.29, 1.82) is 0 Å². The molecule has 0 aliphatic heterocycles. The van der Waals surface area contributed by atoms with E-state index in [1.807, 2.05) is 37.4 Å². The molecule has 0 radical (unpaired) electrons. The van der Waals surface area contributed by atoms with Crippen molar-refractivity contribution >= 4 is 17.3 Å². The third kappa shape index (κ3) is 4.83. The number of hydrogen-bond acceptors (Lipinski definition) is 7. The molecule has 0 aliphatic carbocycles. The molecular formula is C20H20N2O4S. The van der Waals surface area contributed by atoms with Crippen LogP contribution in [0, 0.1) is 0 Å². The number of rotatable bonds is 8. The molecule has 0 saturated heterocycles. The zero-order chi connectivity index (χ0) is 19.1. The van der Waals surface area contributed by atoms with Crippen molar-refractivity contribution in [3.8, 4) is 22.2 Å². The van der Waals surface area contributed by atoms with Crippen molar-refractivity contribution in [1.82, 2.24) is 9.97 Å². The van der Waals surface area contributed by atoms with Crippen LogP contribution < -0.4 is 9.47 Å². The molecule has 3 rings (SSSR count). The van der Waals surface area contributed by atoms with Gasteiger partial charge in [-0.25, -0.2) is 9.78 Å². The van der Waals surface area contributed by atoms with E-state index in [4.69, 9.17) is 14.2 Å². The van der Waals surface area contributed by atoms with E-state index in [2.05, 4.69) is 9.97 Å². The predicted molar refractivity (Wildman–Crippen MR) is 103 cm³/mol. The summed E-state index contributed by atoms with van der Waals surface area (Å²) in [5.41, 5.74) is 1.89. The first kappa shape index (κ1) is 18.8. The van der Waals surface area contributed by atoms with Crippen LogP contribution in [0.5, 0.6) is 11.5 Å². The molecular weight excluding hydrogens is 364 g/mol. The van der Waals surface area contributed by atoms with Gasteiger partial charge < -0.3 is 14.2 Å². The summed E-state index contributed by atoms with van der Waals surface area (Å²) in [6.07, 6.45) is 1.72. The maximum atomic E-state index is 12.4. The van der Waals surface area contributed by atoms with Crippen LogP contribution in [-0.2, 0) is 11.3 Å². The van der Waals surface area contributed by atoms with Gasteiger partial charge in [-0.05, 0) is 44.2 Å². The SMILES string of the molecule is CCOc1ccc(C(=O)OCc2csc(-c3ccccn3)n2)cc1OCC. The first-order valence-corrected chi connectivity index (χ1v) is 9.51. The molecule has 0 unspecified atom stereocenters. The number of thiazole rings is 1. The van der Waals surface area contributed by atoms with Crippen molar-refractivity contribution in [3.05, 3.63) is 59.2 Å². The molecule has 0 bridgehead atoms. The molecule has 3 aromatic rings. The summed E-state index contributed by atoms with van der Waals surface area (Å²) in [5, 5.41) is 2.66. The Morgan fingerprint density at radius 2 is 1.89 bits per heavy atom. The molecule has 7 heteroatoms. The Hall–Kier alpha value is -2.93. The average molecular weight is 384 g/mol. The van der Waals surface area contributed by atoms with E-state index in [1.165, 1.54) is 11.3 Å². The number of ether oxygens (including phenoxy) is 3. The number of esters is 1. The number of nitrogens with zero attached hydrogens (tertiary/aromatic N) is 2. The molecule has 0 amide bonds. The van der Waals surface area contributed by atoms with E-state index in [0.717, 1.165) is 10.7 Å². The maximum Gasteiger partial charge on any atom is 0.338 e. The summed E-state index contributed by atoms with van der Waals surface area (Å²) in [5.74, 6) is 0.696. The topological polar surface area (TPSA) is 70.5 Å². The summed E-state index contributed by atoms with van der Waals surface area (Å²) in [4.78, 5) is 21.1. The lowest BCUT2D eigenvalue weighted by Gasteiger charge is -2.12. The Balaban J connectivity index is 1.66. The van der Waals surface area contributed by atoms with E-state index < -0.39 is 5.97 Å². The summed E-state index contributed by atoms with van der Waals surface area (Å²) >= 11 is 1.47. The Morgan fingerprint density at radius 3 is 2.63 bits per heavy atom. The molecule has 0 N–H and O–H groups in total. The summed E-state index contributed by atoms with van der Waals surface area (Å²) in [6.45, 7) is 4.87. The van der Waals surface area contributed by atoms with Crippen LogP contribution >= 0.6 is 11.3 Å². The Morgan fingerprint density at radius 1 is 1.07 bits per heavy atom. The molecule has 0 saturated carbocycles. The van der Waals surface area contributed by atoms with Crippen LogP contribution in [0.3, 0.4) is 0 Å². The molecule has 1 aromatic carbocycles. The second-order valence-corrected chi connectivity index (χ2v) is 6.32. The third-order valence-electron chi connectivity index (χ3n) is 3.57. The van der Waals surface area contributed by atoms with E-state index in [9.17, 15) is 4.79 Å². The molecule has 0 fully saturated rings. The second kappa shape index (κ2) is 9.14. The van der Waals surface area contributed by atoms with Gasteiger partial charge in [-0.2, -0.15) is 0 Å². The second-order valence-electron chi connectivity index (χ2n) is 5.46. The standard InChI is InChI=1S/C20H20N2O4S/c1-3-24-17-9-8-14(11-18(17)25-4-2)20(23)26-12-15-13-27-19(22-15)16-7-5-6-10-21-16/h5-11,13H,3-4,12H2,1-2H3. The van der Waals surface area contributed by atoms with Crippen molar-refractivity contribution in [3.63, 3.8) is 0 Å². The van der Waals surface area contributed by atoms with Gasteiger partial charge in [-0.3, -0.25) is 4.98 Å². The highest BCUT2D eigenvalue weighted by Gasteiger charge is 2.14. The van der Waals surface area contributed by atoms with Gasteiger partial charge in [0.1, 0.15) is 11.6 Å². The van der Waals surface area contributed by atoms with E-state index in [1.54, 1.807) is 24.4 Å². The Bertz CT molecular complexity index is 896. The van der Waals surface area contributed by atoms with Gasteiger partial charge in [-0.1, -0.05) is 6.07 Å². The summed E-state index contributed by atoms with van der Waals surface area (Å²) < 4.78 is 16.4. The highest BCUT2D eigenvalue weighted by atomic mass is 32.1. The lowest BCUT2D eigenvalue weighted by atomic mass is 10.2. The third-order valence-corrected chi connectivity index (χ3v) is 4.48. The smallest absolute Gasteiger partial charge is 0.338 e. The van der Waals surface area contributed by atoms with Crippen LogP contribution in [0.1, 0.15) is 29.9 Å². The minimum absolute atomic E-state index is 0.0966. The normalized spacial score (nSPS) is 10.4. The van der Waals surface area contributed by atoms with Gasteiger partial charge in [0.15, 0.2) is 11.5 Å². The molecule has 0 spiro atoms. The highest BCUT2D eigenvalue weighted by Crippen LogP contribution is 2.29. The lowest BCUT2D eigenvalue weighted by molar-refractivity contribution is 0.0468. The zero-order valence-corrected chi connectivity index (χ0v) is 16.0. The fourth-order valence-electron chi connectivity index (χ4n) is 2.38. The number of carbonyl (C=O) groups excluding carboxylic acids is 1. The molecule has 27 heavy (non-hydrogen) atoms. The van der Waals surface area contributed by atoms with Gasteiger partial charge >= 0.3 is 5.97 Å². The molecule has 0 atom stereocenters. The minimum atomic E-state index is -0.439. The number of benzene rings is 1. The van der Waals surface area contributed by atoms with Gasteiger partial charge in [0, 0.05) is 11.6 Å². The zero-order valence-electron chi connectivity index (χ0n) is 15.2. The highest BCUT2D eigenvalue weighted by molar-refractivity contribution is 7.13. The van der Waals surface area contributed by atoms with Crippen molar-refractivity contribution in [2.24, 2.45) is 0 Å².